The van der Waals surface area contributed by atoms with Gasteiger partial charge in [-0.25, -0.2) is 0 Å². The molecule has 0 aliphatic rings. The van der Waals surface area contributed by atoms with E-state index in [1.54, 1.807) is 4.68 Å². The van der Waals surface area contributed by atoms with E-state index in [4.69, 9.17) is 4.74 Å². The van der Waals surface area contributed by atoms with Crippen LogP contribution in [0.2, 0.25) is 0 Å². The van der Waals surface area contributed by atoms with Gasteiger partial charge in [0.25, 0.3) is 0 Å². The average molecular weight is 260 g/mol. The zero-order valence-corrected chi connectivity index (χ0v) is 11.6. The van der Waals surface area contributed by atoms with Crippen molar-refractivity contribution >= 4 is 0 Å². The van der Waals surface area contributed by atoms with Crippen molar-refractivity contribution in [2.75, 3.05) is 6.61 Å². The predicted octanol–water partition coefficient (Wildman–Crippen LogP) is 2.60. The van der Waals surface area contributed by atoms with E-state index in [9.17, 15) is 5.11 Å². The maximum absolute atomic E-state index is 10.5. The van der Waals surface area contributed by atoms with Gasteiger partial charge in [0.2, 0.25) is 0 Å². The maximum atomic E-state index is 10.5. The fourth-order valence-corrected chi connectivity index (χ4v) is 2.10. The van der Waals surface area contributed by atoms with Crippen LogP contribution >= 0.6 is 0 Å². The van der Waals surface area contributed by atoms with Crippen molar-refractivity contribution in [1.82, 2.24) is 9.78 Å². The summed E-state index contributed by atoms with van der Waals surface area (Å²) in [6.45, 7) is 4.62. The molecule has 102 valence electrons. The number of para-hydroxylation sites is 1. The first kappa shape index (κ1) is 13.6. The summed E-state index contributed by atoms with van der Waals surface area (Å²) in [5.41, 5.74) is 2.44. The van der Waals surface area contributed by atoms with Crippen molar-refractivity contribution < 1.29 is 9.84 Å². The summed E-state index contributed by atoms with van der Waals surface area (Å²) in [6.07, 6.45) is 0.217. The Morgan fingerprint density at radius 2 is 2.11 bits per heavy atom. The number of rotatable bonds is 5. The van der Waals surface area contributed by atoms with Gasteiger partial charge in [0.1, 0.15) is 11.9 Å². The number of aryl methyl sites for hydroxylation is 2. The molecule has 0 bridgehead atoms. The molecule has 0 saturated heterocycles. The zero-order chi connectivity index (χ0) is 13.8. The second-order valence-electron chi connectivity index (χ2n) is 4.62. The maximum Gasteiger partial charge on any atom is 0.125 e. The van der Waals surface area contributed by atoms with Gasteiger partial charge in [0.15, 0.2) is 0 Å². The average Bonchev–Trinajstić information content (AvgIpc) is 2.75. The van der Waals surface area contributed by atoms with E-state index in [1.807, 2.05) is 44.3 Å². The van der Waals surface area contributed by atoms with Crippen LogP contribution in [0.15, 0.2) is 30.3 Å². The molecular weight excluding hydrogens is 240 g/mol. The molecule has 1 aromatic heterocycles. The van der Waals surface area contributed by atoms with E-state index in [0.717, 1.165) is 29.1 Å². The third-order valence-corrected chi connectivity index (χ3v) is 2.99. The quantitative estimate of drug-likeness (QED) is 0.899. The Kier molecular flexibility index (Phi) is 4.22. The molecule has 1 N–H and O–H groups in total. The summed E-state index contributed by atoms with van der Waals surface area (Å²) in [6, 6.07) is 9.48. The van der Waals surface area contributed by atoms with E-state index in [0.29, 0.717) is 6.61 Å². The van der Waals surface area contributed by atoms with Crippen LogP contribution in [-0.4, -0.2) is 21.5 Å². The van der Waals surface area contributed by atoms with Crippen LogP contribution in [0.1, 0.15) is 36.4 Å². The molecule has 4 nitrogen and oxygen atoms in total. The van der Waals surface area contributed by atoms with Gasteiger partial charge in [0, 0.05) is 12.6 Å². The van der Waals surface area contributed by atoms with Crippen molar-refractivity contribution in [3.63, 3.8) is 0 Å². The summed E-state index contributed by atoms with van der Waals surface area (Å²) in [4.78, 5) is 0. The summed E-state index contributed by atoms with van der Waals surface area (Å²) in [5.74, 6) is 0.732. The van der Waals surface area contributed by atoms with Crippen LogP contribution in [0.5, 0.6) is 5.75 Å². The Balaban J connectivity index is 2.32. The Morgan fingerprint density at radius 3 is 2.74 bits per heavy atom. The van der Waals surface area contributed by atoms with Crippen molar-refractivity contribution in [3.8, 4) is 5.75 Å². The Morgan fingerprint density at radius 1 is 1.37 bits per heavy atom. The van der Waals surface area contributed by atoms with Gasteiger partial charge in [-0.05, 0) is 25.5 Å². The lowest BCUT2D eigenvalue weighted by Crippen LogP contribution is -2.09. The second kappa shape index (κ2) is 5.89. The zero-order valence-electron chi connectivity index (χ0n) is 11.6. The third kappa shape index (κ3) is 2.96. The minimum Gasteiger partial charge on any atom is -0.493 e. The summed E-state index contributed by atoms with van der Waals surface area (Å²) < 4.78 is 7.39. The molecule has 0 spiro atoms. The van der Waals surface area contributed by atoms with Gasteiger partial charge < -0.3 is 9.84 Å². The summed E-state index contributed by atoms with van der Waals surface area (Å²) in [7, 11) is 1.83. The van der Waals surface area contributed by atoms with Crippen LogP contribution in [0.25, 0.3) is 0 Å². The van der Waals surface area contributed by atoms with E-state index in [2.05, 4.69) is 12.0 Å². The summed E-state index contributed by atoms with van der Waals surface area (Å²) in [5, 5.41) is 14.8. The van der Waals surface area contributed by atoms with Crippen molar-refractivity contribution in [3.05, 3.63) is 47.3 Å². The van der Waals surface area contributed by atoms with E-state index < -0.39 is 6.10 Å². The first-order valence-electron chi connectivity index (χ1n) is 6.53. The van der Waals surface area contributed by atoms with Crippen molar-refractivity contribution in [2.24, 2.45) is 7.05 Å². The molecule has 0 aliphatic heterocycles. The molecule has 0 aliphatic carbocycles. The molecular formula is C15H20N2O2. The number of aromatic nitrogens is 2. The number of ether oxygens (including phenoxy) is 1. The number of hydrogen-bond donors (Lipinski definition) is 1. The SMILES string of the molecule is CCCOc1ccccc1C(O)c1cc(C)nn1C. The van der Waals surface area contributed by atoms with Crippen LogP contribution in [0, 0.1) is 6.92 Å². The number of benzene rings is 1. The smallest absolute Gasteiger partial charge is 0.125 e. The number of aliphatic hydroxyl groups excluding tert-OH is 1. The molecule has 2 aromatic rings. The van der Waals surface area contributed by atoms with Crippen LogP contribution in [0.3, 0.4) is 0 Å². The monoisotopic (exact) mass is 260 g/mol. The molecule has 0 radical (unpaired) electrons. The molecule has 1 aromatic carbocycles. The Hall–Kier alpha value is -1.81. The van der Waals surface area contributed by atoms with Crippen molar-refractivity contribution in [2.45, 2.75) is 26.4 Å². The van der Waals surface area contributed by atoms with Gasteiger partial charge in [-0.2, -0.15) is 5.10 Å². The third-order valence-electron chi connectivity index (χ3n) is 2.99. The van der Waals surface area contributed by atoms with Gasteiger partial charge in [0.05, 0.1) is 18.0 Å². The second-order valence-corrected chi connectivity index (χ2v) is 4.62. The molecule has 1 atom stereocenters. The van der Waals surface area contributed by atoms with Gasteiger partial charge in [-0.3, -0.25) is 4.68 Å². The van der Waals surface area contributed by atoms with E-state index in [-0.39, 0.29) is 0 Å². The number of hydrogen-bond acceptors (Lipinski definition) is 3. The molecule has 19 heavy (non-hydrogen) atoms. The molecule has 0 fully saturated rings. The number of aliphatic hydroxyl groups is 1. The lowest BCUT2D eigenvalue weighted by atomic mass is 10.1. The van der Waals surface area contributed by atoms with Crippen LogP contribution in [0.4, 0.5) is 0 Å². The highest BCUT2D eigenvalue weighted by Gasteiger charge is 2.18. The minimum absolute atomic E-state index is 0.647. The van der Waals surface area contributed by atoms with Gasteiger partial charge in [-0.1, -0.05) is 25.1 Å². The predicted molar refractivity (Wildman–Crippen MR) is 74.2 cm³/mol. The van der Waals surface area contributed by atoms with Crippen LogP contribution in [-0.2, 0) is 7.05 Å². The van der Waals surface area contributed by atoms with E-state index >= 15 is 0 Å². The number of nitrogens with zero attached hydrogens (tertiary/aromatic N) is 2. The Labute approximate surface area is 113 Å². The fourth-order valence-electron chi connectivity index (χ4n) is 2.10. The first-order valence-corrected chi connectivity index (χ1v) is 6.53. The first-order chi connectivity index (χ1) is 9.13. The molecule has 0 saturated carbocycles. The lowest BCUT2D eigenvalue weighted by Gasteiger charge is -2.16. The molecule has 1 unspecified atom stereocenters. The normalized spacial score (nSPS) is 12.4. The van der Waals surface area contributed by atoms with Gasteiger partial charge >= 0.3 is 0 Å². The van der Waals surface area contributed by atoms with Crippen molar-refractivity contribution in [1.29, 1.82) is 0 Å². The fraction of sp³-hybridized carbons (Fsp3) is 0.400. The topological polar surface area (TPSA) is 47.3 Å². The van der Waals surface area contributed by atoms with Gasteiger partial charge in [-0.15, -0.1) is 0 Å². The highest BCUT2D eigenvalue weighted by Crippen LogP contribution is 2.30. The van der Waals surface area contributed by atoms with E-state index in [1.165, 1.54) is 0 Å². The Bertz CT molecular complexity index is 549. The molecule has 4 heteroatoms. The summed E-state index contributed by atoms with van der Waals surface area (Å²) >= 11 is 0. The standard InChI is InChI=1S/C15H20N2O2/c1-4-9-19-14-8-6-5-7-12(14)15(18)13-10-11(2)16-17(13)3/h5-8,10,15,18H,4,9H2,1-3H3. The minimum atomic E-state index is -0.723. The highest BCUT2D eigenvalue weighted by atomic mass is 16.5. The highest BCUT2D eigenvalue weighted by molar-refractivity contribution is 5.39. The molecule has 0 amide bonds. The largest absolute Gasteiger partial charge is 0.493 e. The molecule has 2 rings (SSSR count). The molecule has 1 heterocycles. The van der Waals surface area contributed by atoms with Crippen LogP contribution < -0.4 is 4.74 Å². The lowest BCUT2D eigenvalue weighted by molar-refractivity contribution is 0.201.